The predicted molar refractivity (Wildman–Crippen MR) is 50.1 cm³/mol. The Balaban J connectivity index is 2.93. The van der Waals surface area contributed by atoms with Crippen molar-refractivity contribution in [3.8, 4) is 0 Å². The average Bonchev–Trinajstić information content (AvgIpc) is 2.41. The maximum atomic E-state index is 5.93. The van der Waals surface area contributed by atoms with Crippen LogP contribution in [0.2, 0.25) is 5.02 Å². The lowest BCUT2D eigenvalue weighted by Gasteiger charge is -1.94. The smallest absolute Gasteiger partial charge is 0.117 e. The maximum absolute atomic E-state index is 5.93. The molecule has 4 heteroatoms. The summed E-state index contributed by atoms with van der Waals surface area (Å²) < 4.78 is 1.70. The molecule has 2 N–H and O–H groups in total. The van der Waals surface area contributed by atoms with Crippen LogP contribution in [-0.4, -0.2) is 9.78 Å². The molecule has 0 bridgehead atoms. The van der Waals surface area contributed by atoms with Crippen LogP contribution in [0.25, 0.3) is 10.9 Å². The molecule has 0 aliphatic rings. The first kappa shape index (κ1) is 7.43. The fraction of sp³-hybridized carbons (Fsp3) is 0.125. The van der Waals surface area contributed by atoms with Gasteiger partial charge in [0.25, 0.3) is 0 Å². The minimum Gasteiger partial charge on any atom is -0.397 e. The van der Waals surface area contributed by atoms with Gasteiger partial charge in [-0.05, 0) is 12.1 Å². The molecular formula is C8H8ClN3. The molecule has 0 fully saturated rings. The third kappa shape index (κ3) is 0.940. The van der Waals surface area contributed by atoms with Crippen molar-refractivity contribution in [2.75, 3.05) is 5.73 Å². The molecule has 0 aliphatic carbocycles. The number of hydrogen-bond donors (Lipinski definition) is 1. The van der Waals surface area contributed by atoms with Crippen LogP contribution >= 0.6 is 11.6 Å². The first-order valence-electron chi connectivity index (χ1n) is 3.56. The summed E-state index contributed by atoms with van der Waals surface area (Å²) in [4.78, 5) is 0. The molecule has 0 amide bonds. The van der Waals surface area contributed by atoms with Crippen LogP contribution in [-0.2, 0) is 7.05 Å². The predicted octanol–water partition coefficient (Wildman–Crippen LogP) is 1.81. The zero-order valence-electron chi connectivity index (χ0n) is 6.58. The standard InChI is InChI=1S/C8H8ClN3/c1-12-4-5-6(9)2-3-7(10)8(5)11-12/h2-4H,10H2,1H3. The van der Waals surface area contributed by atoms with Gasteiger partial charge in [-0.25, -0.2) is 0 Å². The van der Waals surface area contributed by atoms with Gasteiger partial charge in [0.05, 0.1) is 10.7 Å². The quantitative estimate of drug-likeness (QED) is 0.630. The van der Waals surface area contributed by atoms with Gasteiger partial charge in [-0.1, -0.05) is 11.6 Å². The van der Waals surface area contributed by atoms with Crippen LogP contribution < -0.4 is 5.73 Å². The van der Waals surface area contributed by atoms with E-state index in [1.165, 1.54) is 0 Å². The third-order valence-electron chi connectivity index (χ3n) is 1.77. The summed E-state index contributed by atoms with van der Waals surface area (Å²) in [5, 5.41) is 5.77. The van der Waals surface area contributed by atoms with E-state index >= 15 is 0 Å². The molecule has 1 aromatic heterocycles. The molecule has 12 heavy (non-hydrogen) atoms. The molecule has 0 spiro atoms. The number of aromatic nitrogens is 2. The highest BCUT2D eigenvalue weighted by atomic mass is 35.5. The fourth-order valence-corrected chi connectivity index (χ4v) is 1.41. The molecular weight excluding hydrogens is 174 g/mol. The maximum Gasteiger partial charge on any atom is 0.117 e. The van der Waals surface area contributed by atoms with Crippen molar-refractivity contribution in [2.45, 2.75) is 0 Å². The normalized spacial score (nSPS) is 10.8. The number of nitrogens with two attached hydrogens (primary N) is 1. The minimum absolute atomic E-state index is 0.662. The molecule has 0 atom stereocenters. The Hall–Kier alpha value is -1.22. The van der Waals surface area contributed by atoms with Crippen LogP contribution in [0.3, 0.4) is 0 Å². The minimum atomic E-state index is 0.662. The van der Waals surface area contributed by atoms with Crippen molar-refractivity contribution in [2.24, 2.45) is 7.05 Å². The Bertz CT molecular complexity index is 394. The van der Waals surface area contributed by atoms with Crippen molar-refractivity contribution in [1.29, 1.82) is 0 Å². The second kappa shape index (κ2) is 2.38. The van der Waals surface area contributed by atoms with E-state index in [9.17, 15) is 0 Å². The largest absolute Gasteiger partial charge is 0.397 e. The Labute approximate surface area is 74.7 Å². The van der Waals surface area contributed by atoms with Gasteiger partial charge >= 0.3 is 0 Å². The fourth-order valence-electron chi connectivity index (χ4n) is 1.21. The lowest BCUT2D eigenvalue weighted by Crippen LogP contribution is -1.88. The number of nitrogens with zero attached hydrogens (tertiary/aromatic N) is 2. The number of anilines is 1. The van der Waals surface area contributed by atoms with E-state index in [-0.39, 0.29) is 0 Å². The van der Waals surface area contributed by atoms with Crippen LogP contribution in [0.4, 0.5) is 5.69 Å². The number of hydrogen-bond acceptors (Lipinski definition) is 2. The first-order chi connectivity index (χ1) is 5.68. The molecule has 0 saturated heterocycles. The first-order valence-corrected chi connectivity index (χ1v) is 3.93. The van der Waals surface area contributed by atoms with Gasteiger partial charge < -0.3 is 5.73 Å². The van der Waals surface area contributed by atoms with Crippen molar-refractivity contribution in [3.63, 3.8) is 0 Å². The van der Waals surface area contributed by atoms with Gasteiger partial charge in [-0.15, -0.1) is 0 Å². The Morgan fingerprint density at radius 3 is 2.92 bits per heavy atom. The van der Waals surface area contributed by atoms with Crippen LogP contribution in [0.15, 0.2) is 18.3 Å². The van der Waals surface area contributed by atoms with Gasteiger partial charge in [0.15, 0.2) is 0 Å². The van der Waals surface area contributed by atoms with Crippen molar-refractivity contribution in [3.05, 3.63) is 23.4 Å². The summed E-state index contributed by atoms with van der Waals surface area (Å²) in [6.45, 7) is 0. The van der Waals surface area contributed by atoms with Crippen LogP contribution in [0.5, 0.6) is 0 Å². The average molecular weight is 182 g/mol. The van der Waals surface area contributed by atoms with Gasteiger partial charge in [-0.3, -0.25) is 4.68 Å². The molecule has 2 aromatic rings. The Kier molecular flexibility index (Phi) is 1.48. The van der Waals surface area contributed by atoms with E-state index in [4.69, 9.17) is 17.3 Å². The highest BCUT2D eigenvalue weighted by Gasteiger charge is 2.05. The van der Waals surface area contributed by atoms with Crippen LogP contribution in [0, 0.1) is 0 Å². The third-order valence-corrected chi connectivity index (χ3v) is 2.10. The van der Waals surface area contributed by atoms with Gasteiger partial charge in [-0.2, -0.15) is 5.10 Å². The second-order valence-corrected chi connectivity index (χ2v) is 3.11. The summed E-state index contributed by atoms with van der Waals surface area (Å²) in [6, 6.07) is 3.54. The van der Waals surface area contributed by atoms with Crippen LogP contribution in [0.1, 0.15) is 0 Å². The van der Waals surface area contributed by atoms with E-state index < -0.39 is 0 Å². The monoisotopic (exact) mass is 181 g/mol. The molecule has 2 rings (SSSR count). The zero-order valence-corrected chi connectivity index (χ0v) is 7.34. The number of benzene rings is 1. The summed E-state index contributed by atoms with van der Waals surface area (Å²) in [5.41, 5.74) is 7.13. The number of fused-ring (bicyclic) bond motifs is 1. The summed E-state index contributed by atoms with van der Waals surface area (Å²) >= 11 is 5.93. The number of aryl methyl sites for hydroxylation is 1. The molecule has 0 saturated carbocycles. The van der Waals surface area contributed by atoms with Gasteiger partial charge in [0, 0.05) is 18.6 Å². The molecule has 0 unspecified atom stereocenters. The zero-order chi connectivity index (χ0) is 8.72. The molecule has 0 radical (unpaired) electrons. The second-order valence-electron chi connectivity index (χ2n) is 2.70. The van der Waals surface area contributed by atoms with E-state index in [2.05, 4.69) is 5.10 Å². The lowest BCUT2D eigenvalue weighted by molar-refractivity contribution is 0.780. The van der Waals surface area contributed by atoms with E-state index in [1.54, 1.807) is 16.8 Å². The van der Waals surface area contributed by atoms with E-state index in [1.807, 2.05) is 13.2 Å². The summed E-state index contributed by atoms with van der Waals surface area (Å²) in [7, 11) is 1.84. The summed E-state index contributed by atoms with van der Waals surface area (Å²) in [6.07, 6.45) is 1.86. The summed E-state index contributed by atoms with van der Waals surface area (Å²) in [5.74, 6) is 0. The topological polar surface area (TPSA) is 43.8 Å². The number of rotatable bonds is 0. The van der Waals surface area contributed by atoms with Crippen molar-refractivity contribution >= 4 is 28.2 Å². The molecule has 3 nitrogen and oxygen atoms in total. The molecule has 1 heterocycles. The Morgan fingerprint density at radius 1 is 1.50 bits per heavy atom. The van der Waals surface area contributed by atoms with Crippen molar-refractivity contribution < 1.29 is 0 Å². The lowest BCUT2D eigenvalue weighted by atomic mass is 10.2. The highest BCUT2D eigenvalue weighted by molar-refractivity contribution is 6.35. The highest BCUT2D eigenvalue weighted by Crippen LogP contribution is 2.26. The molecule has 1 aromatic carbocycles. The van der Waals surface area contributed by atoms with E-state index in [0.29, 0.717) is 10.7 Å². The number of halogens is 1. The van der Waals surface area contributed by atoms with Gasteiger partial charge in [0.2, 0.25) is 0 Å². The van der Waals surface area contributed by atoms with Crippen molar-refractivity contribution in [1.82, 2.24) is 9.78 Å². The van der Waals surface area contributed by atoms with Gasteiger partial charge in [0.1, 0.15) is 5.52 Å². The molecule has 62 valence electrons. The van der Waals surface area contributed by atoms with E-state index in [0.717, 1.165) is 10.9 Å². The Morgan fingerprint density at radius 2 is 2.25 bits per heavy atom. The number of nitrogen functional groups attached to an aromatic ring is 1. The molecule has 0 aliphatic heterocycles. The SMILES string of the molecule is Cn1cc2c(Cl)ccc(N)c2n1.